The van der Waals surface area contributed by atoms with Gasteiger partial charge in [0, 0.05) is 26.2 Å². The van der Waals surface area contributed by atoms with Crippen LogP contribution < -0.4 is 0 Å². The quantitative estimate of drug-likeness (QED) is 0.828. The Hall–Kier alpha value is -1.47. The number of ether oxygens (including phenoxy) is 1. The molecular formula is C18H29N5O2. The van der Waals surface area contributed by atoms with Crippen LogP contribution in [0.1, 0.15) is 57.2 Å². The fraction of sp³-hybridized carbons (Fsp3) is 0.833. The first-order valence-electron chi connectivity index (χ1n) is 9.70. The number of hydrogen-bond donors (Lipinski definition) is 0. The van der Waals surface area contributed by atoms with Crippen molar-refractivity contribution < 1.29 is 9.53 Å². The molecular weight excluding hydrogens is 318 g/mol. The van der Waals surface area contributed by atoms with Crippen molar-refractivity contribution >= 4 is 5.91 Å². The zero-order valence-electron chi connectivity index (χ0n) is 15.2. The molecule has 25 heavy (non-hydrogen) atoms. The molecule has 3 fully saturated rings. The van der Waals surface area contributed by atoms with Crippen molar-refractivity contribution in [3.63, 3.8) is 0 Å². The fourth-order valence-electron chi connectivity index (χ4n) is 4.35. The Morgan fingerprint density at radius 1 is 1.24 bits per heavy atom. The molecule has 0 aromatic carbocycles. The van der Waals surface area contributed by atoms with E-state index in [1.54, 1.807) is 0 Å². The maximum absolute atomic E-state index is 12.7. The van der Waals surface area contributed by atoms with Gasteiger partial charge in [-0.05, 0) is 58.5 Å². The van der Waals surface area contributed by atoms with Gasteiger partial charge in [-0.2, -0.15) is 0 Å². The van der Waals surface area contributed by atoms with E-state index in [1.165, 1.54) is 25.9 Å². The highest BCUT2D eigenvalue weighted by Gasteiger charge is 2.41. The molecule has 0 radical (unpaired) electrons. The first-order chi connectivity index (χ1) is 12.1. The number of rotatable bonds is 4. The molecule has 4 rings (SSSR count). The van der Waals surface area contributed by atoms with Crippen LogP contribution in [-0.2, 0) is 16.1 Å². The molecule has 0 bridgehead atoms. The van der Waals surface area contributed by atoms with Gasteiger partial charge in [0.25, 0.3) is 5.91 Å². The van der Waals surface area contributed by atoms with E-state index in [0.29, 0.717) is 12.6 Å². The number of piperidine rings is 1. The van der Waals surface area contributed by atoms with Crippen LogP contribution in [0.4, 0.5) is 0 Å². The summed E-state index contributed by atoms with van der Waals surface area (Å²) < 4.78 is 7.73. The van der Waals surface area contributed by atoms with Crippen LogP contribution in [0.5, 0.6) is 0 Å². The zero-order chi connectivity index (χ0) is 17.3. The third kappa shape index (κ3) is 3.58. The fourth-order valence-corrected chi connectivity index (χ4v) is 4.35. The number of carbonyl (C=O) groups is 1. The predicted octanol–water partition coefficient (Wildman–Crippen LogP) is 1.61. The van der Waals surface area contributed by atoms with Gasteiger partial charge in [0.1, 0.15) is 5.60 Å². The molecule has 138 valence electrons. The minimum absolute atomic E-state index is 0.164. The maximum atomic E-state index is 12.7. The Kier molecular flexibility index (Phi) is 4.78. The summed E-state index contributed by atoms with van der Waals surface area (Å²) in [5, 5.41) is 8.71. The van der Waals surface area contributed by atoms with E-state index >= 15 is 0 Å². The van der Waals surface area contributed by atoms with Crippen LogP contribution in [0.15, 0.2) is 6.20 Å². The summed E-state index contributed by atoms with van der Waals surface area (Å²) in [5.74, 6) is 0.164. The van der Waals surface area contributed by atoms with Gasteiger partial charge in [-0.15, -0.1) is 5.10 Å². The molecule has 1 unspecified atom stereocenters. The van der Waals surface area contributed by atoms with Gasteiger partial charge < -0.3 is 9.64 Å². The van der Waals surface area contributed by atoms with Crippen LogP contribution in [0.25, 0.3) is 0 Å². The van der Waals surface area contributed by atoms with Gasteiger partial charge in [0.15, 0.2) is 0 Å². The predicted molar refractivity (Wildman–Crippen MR) is 93.0 cm³/mol. The molecule has 3 saturated heterocycles. The lowest BCUT2D eigenvalue weighted by Crippen LogP contribution is -2.49. The molecule has 0 saturated carbocycles. The number of hydrogen-bond acceptors (Lipinski definition) is 5. The lowest BCUT2D eigenvalue weighted by molar-refractivity contribution is -0.152. The highest BCUT2D eigenvalue weighted by molar-refractivity contribution is 5.85. The number of aromatic nitrogens is 3. The van der Waals surface area contributed by atoms with Crippen LogP contribution >= 0.6 is 0 Å². The Balaban J connectivity index is 1.31. The Labute approximate surface area is 149 Å². The molecule has 7 nitrogen and oxygen atoms in total. The van der Waals surface area contributed by atoms with Gasteiger partial charge in [-0.1, -0.05) is 5.21 Å². The molecule has 3 aliphatic heterocycles. The number of amides is 1. The highest BCUT2D eigenvalue weighted by atomic mass is 16.5. The monoisotopic (exact) mass is 347 g/mol. The van der Waals surface area contributed by atoms with Crippen molar-refractivity contribution in [2.24, 2.45) is 0 Å². The minimum atomic E-state index is -0.594. The molecule has 1 aromatic rings. The van der Waals surface area contributed by atoms with E-state index in [9.17, 15) is 4.79 Å². The van der Waals surface area contributed by atoms with E-state index in [0.717, 1.165) is 51.0 Å². The normalized spacial score (nSPS) is 28.8. The third-order valence-electron chi connectivity index (χ3n) is 5.94. The van der Waals surface area contributed by atoms with E-state index in [4.69, 9.17) is 4.74 Å². The standard InChI is InChI=1S/C18H29N5O2/c1-18(7-4-12-25-18)17(24)22-10-5-16(6-11-22)23-14-15(19-20-23)13-21-8-2-3-9-21/h14,16H,2-13H2,1H3. The topological polar surface area (TPSA) is 63.5 Å². The Bertz CT molecular complexity index is 596. The van der Waals surface area contributed by atoms with E-state index in [-0.39, 0.29) is 5.91 Å². The average molecular weight is 347 g/mol. The van der Waals surface area contributed by atoms with Gasteiger partial charge in [0.2, 0.25) is 0 Å². The van der Waals surface area contributed by atoms with Crippen LogP contribution in [0.2, 0.25) is 0 Å². The lowest BCUT2D eigenvalue weighted by Gasteiger charge is -2.36. The van der Waals surface area contributed by atoms with Crippen LogP contribution in [0, 0.1) is 0 Å². The molecule has 1 amide bonds. The molecule has 0 aliphatic carbocycles. The number of carbonyl (C=O) groups excluding carboxylic acids is 1. The summed E-state index contributed by atoms with van der Waals surface area (Å²) in [4.78, 5) is 17.1. The van der Waals surface area contributed by atoms with E-state index in [1.807, 2.05) is 16.5 Å². The van der Waals surface area contributed by atoms with E-state index in [2.05, 4.69) is 21.4 Å². The van der Waals surface area contributed by atoms with Crippen molar-refractivity contribution in [1.82, 2.24) is 24.8 Å². The molecule has 3 aliphatic rings. The second kappa shape index (κ2) is 7.03. The van der Waals surface area contributed by atoms with Gasteiger partial charge in [0.05, 0.1) is 17.9 Å². The second-order valence-electron chi connectivity index (χ2n) is 7.88. The molecule has 0 spiro atoms. The lowest BCUT2D eigenvalue weighted by atomic mass is 9.98. The highest BCUT2D eigenvalue weighted by Crippen LogP contribution is 2.30. The largest absolute Gasteiger partial charge is 0.365 e. The van der Waals surface area contributed by atoms with Gasteiger partial charge in [-0.25, -0.2) is 4.68 Å². The molecule has 4 heterocycles. The van der Waals surface area contributed by atoms with Crippen LogP contribution in [0.3, 0.4) is 0 Å². The van der Waals surface area contributed by atoms with Crippen molar-refractivity contribution in [3.8, 4) is 0 Å². The van der Waals surface area contributed by atoms with Crippen molar-refractivity contribution in [2.75, 3.05) is 32.8 Å². The Morgan fingerprint density at radius 3 is 2.68 bits per heavy atom. The Morgan fingerprint density at radius 2 is 2.00 bits per heavy atom. The minimum Gasteiger partial charge on any atom is -0.365 e. The smallest absolute Gasteiger partial charge is 0.254 e. The second-order valence-corrected chi connectivity index (χ2v) is 7.88. The molecule has 1 aromatic heterocycles. The van der Waals surface area contributed by atoms with Gasteiger partial charge >= 0.3 is 0 Å². The SMILES string of the molecule is CC1(C(=O)N2CCC(n3cc(CN4CCCC4)nn3)CC2)CCCO1. The van der Waals surface area contributed by atoms with Crippen molar-refractivity contribution in [2.45, 2.75) is 63.6 Å². The summed E-state index contributed by atoms with van der Waals surface area (Å²) >= 11 is 0. The zero-order valence-corrected chi connectivity index (χ0v) is 15.2. The summed E-state index contributed by atoms with van der Waals surface area (Å²) in [6, 6.07) is 0.348. The summed E-state index contributed by atoms with van der Waals surface area (Å²) in [6.07, 6.45) is 8.39. The average Bonchev–Trinajstić information content (AvgIpc) is 3.38. The third-order valence-corrected chi connectivity index (χ3v) is 5.94. The first kappa shape index (κ1) is 17.0. The summed E-state index contributed by atoms with van der Waals surface area (Å²) in [6.45, 7) is 7.47. The van der Waals surface area contributed by atoms with Gasteiger partial charge in [-0.3, -0.25) is 9.69 Å². The maximum Gasteiger partial charge on any atom is 0.254 e. The molecule has 0 N–H and O–H groups in total. The summed E-state index contributed by atoms with van der Waals surface area (Å²) in [5.41, 5.74) is 0.468. The molecule has 7 heteroatoms. The molecule has 1 atom stereocenters. The van der Waals surface area contributed by atoms with Crippen molar-refractivity contribution in [1.29, 1.82) is 0 Å². The summed E-state index contributed by atoms with van der Waals surface area (Å²) in [7, 11) is 0. The van der Waals surface area contributed by atoms with E-state index < -0.39 is 5.60 Å². The van der Waals surface area contributed by atoms with Crippen LogP contribution in [-0.4, -0.2) is 69.1 Å². The van der Waals surface area contributed by atoms with Crippen molar-refractivity contribution in [3.05, 3.63) is 11.9 Å². The number of nitrogens with zero attached hydrogens (tertiary/aromatic N) is 5. The number of likely N-dealkylation sites (tertiary alicyclic amines) is 2. The first-order valence-corrected chi connectivity index (χ1v) is 9.70.